The molecule has 0 aliphatic rings. The molecule has 2 aromatic carbocycles. The minimum atomic E-state index is -0.688. The van der Waals surface area contributed by atoms with E-state index in [1.807, 2.05) is 45.0 Å². The zero-order valence-corrected chi connectivity index (χ0v) is 16.9. The van der Waals surface area contributed by atoms with Crippen LogP contribution in [-0.4, -0.2) is 34.4 Å². The summed E-state index contributed by atoms with van der Waals surface area (Å²) in [7, 11) is 0. The second kappa shape index (κ2) is 9.23. The number of hydrogen-bond acceptors (Lipinski definition) is 4. The molecular weight excluding hydrogens is 368 g/mol. The van der Waals surface area contributed by atoms with E-state index in [1.165, 1.54) is 0 Å². The maximum atomic E-state index is 12.9. The van der Waals surface area contributed by atoms with Gasteiger partial charge in [0, 0.05) is 5.56 Å². The van der Waals surface area contributed by atoms with Crippen LogP contribution in [0.4, 0.5) is 5.95 Å². The number of anilines is 1. The minimum absolute atomic E-state index is 0.0500. The zero-order valence-electron chi connectivity index (χ0n) is 16.9. The summed E-state index contributed by atoms with van der Waals surface area (Å²) in [5.41, 5.74) is 2.07. The van der Waals surface area contributed by atoms with Gasteiger partial charge >= 0.3 is 0 Å². The smallest absolute Gasteiger partial charge is 0.251 e. The fourth-order valence-electron chi connectivity index (χ4n) is 3.00. The molecule has 7 heteroatoms. The van der Waals surface area contributed by atoms with Gasteiger partial charge in [-0.15, -0.1) is 0 Å². The highest BCUT2D eigenvalue weighted by Crippen LogP contribution is 2.16. The Balaban J connectivity index is 1.72. The summed E-state index contributed by atoms with van der Waals surface area (Å²) in [6.45, 7) is 6.37. The van der Waals surface area contributed by atoms with Gasteiger partial charge in [-0.3, -0.25) is 14.9 Å². The molecular formula is C22H26N4O3. The molecule has 0 aliphatic heterocycles. The molecule has 3 aromatic rings. The highest BCUT2D eigenvalue weighted by Gasteiger charge is 2.27. The summed E-state index contributed by atoms with van der Waals surface area (Å²) in [4.78, 5) is 33.0. The number of carbonyl (C=O) groups is 2. The number of rotatable bonds is 8. The van der Waals surface area contributed by atoms with Crippen LogP contribution in [0.3, 0.4) is 0 Å². The van der Waals surface area contributed by atoms with Gasteiger partial charge in [0.15, 0.2) is 0 Å². The van der Waals surface area contributed by atoms with Crippen molar-refractivity contribution in [3.8, 4) is 5.75 Å². The summed E-state index contributed by atoms with van der Waals surface area (Å²) < 4.78 is 5.40. The molecule has 7 nitrogen and oxygen atoms in total. The number of aromatic nitrogens is 2. The van der Waals surface area contributed by atoms with Gasteiger partial charge in [-0.2, -0.15) is 0 Å². The molecule has 0 saturated heterocycles. The van der Waals surface area contributed by atoms with E-state index in [2.05, 4.69) is 20.6 Å². The number of hydrogen-bond donors (Lipinski definition) is 3. The van der Waals surface area contributed by atoms with Crippen molar-refractivity contribution in [3.05, 3.63) is 54.1 Å². The molecule has 1 heterocycles. The lowest BCUT2D eigenvalue weighted by molar-refractivity contribution is -0.119. The van der Waals surface area contributed by atoms with Gasteiger partial charge in [0.1, 0.15) is 11.8 Å². The van der Waals surface area contributed by atoms with E-state index in [9.17, 15) is 9.59 Å². The number of fused-ring (bicyclic) bond motifs is 1. The Morgan fingerprint density at radius 1 is 1.10 bits per heavy atom. The van der Waals surface area contributed by atoms with Crippen molar-refractivity contribution in [3.63, 3.8) is 0 Å². The summed E-state index contributed by atoms with van der Waals surface area (Å²) in [6, 6.07) is 13.7. The second-order valence-corrected chi connectivity index (χ2v) is 6.89. The Morgan fingerprint density at radius 2 is 1.83 bits per heavy atom. The second-order valence-electron chi connectivity index (χ2n) is 6.89. The predicted molar refractivity (Wildman–Crippen MR) is 113 cm³/mol. The Kier molecular flexibility index (Phi) is 6.49. The third-order valence-electron chi connectivity index (χ3n) is 4.84. The van der Waals surface area contributed by atoms with Crippen LogP contribution in [0.5, 0.6) is 5.75 Å². The van der Waals surface area contributed by atoms with Crippen LogP contribution in [0.2, 0.25) is 0 Å². The number of para-hydroxylation sites is 2. The van der Waals surface area contributed by atoms with Gasteiger partial charge < -0.3 is 15.0 Å². The van der Waals surface area contributed by atoms with E-state index in [4.69, 9.17) is 4.74 Å². The fourth-order valence-corrected chi connectivity index (χ4v) is 3.00. The third kappa shape index (κ3) is 4.93. The van der Waals surface area contributed by atoms with Crippen LogP contribution in [0, 0.1) is 5.92 Å². The maximum Gasteiger partial charge on any atom is 0.251 e. The number of carbonyl (C=O) groups excluding carboxylic acids is 2. The lowest BCUT2D eigenvalue weighted by Crippen LogP contribution is -2.47. The Labute approximate surface area is 169 Å². The van der Waals surface area contributed by atoms with Crippen LogP contribution >= 0.6 is 0 Å². The van der Waals surface area contributed by atoms with Gasteiger partial charge in [0.05, 0.1) is 17.6 Å². The lowest BCUT2D eigenvalue weighted by atomic mass is 9.98. The Bertz CT molecular complexity index is 948. The summed E-state index contributed by atoms with van der Waals surface area (Å²) >= 11 is 0. The van der Waals surface area contributed by atoms with E-state index >= 15 is 0 Å². The molecule has 152 valence electrons. The molecule has 3 rings (SSSR count). The molecule has 0 unspecified atom stereocenters. The van der Waals surface area contributed by atoms with Gasteiger partial charge in [-0.1, -0.05) is 32.4 Å². The molecule has 0 saturated carbocycles. The number of benzene rings is 2. The first-order valence-electron chi connectivity index (χ1n) is 9.81. The van der Waals surface area contributed by atoms with Gasteiger partial charge in [-0.05, 0) is 49.2 Å². The fraction of sp³-hybridized carbons (Fsp3) is 0.318. The molecule has 29 heavy (non-hydrogen) atoms. The average Bonchev–Trinajstić information content (AvgIpc) is 3.14. The first kappa shape index (κ1) is 20.4. The maximum absolute atomic E-state index is 12.9. The molecule has 0 aliphatic carbocycles. The SMILES string of the molecule is CCOc1ccc(C(=O)N[C@@H](C(=O)Nc2nc3ccccc3[nH]2)[C@@H](C)CC)cc1. The molecule has 0 fully saturated rings. The van der Waals surface area contributed by atoms with E-state index in [-0.39, 0.29) is 17.7 Å². The highest BCUT2D eigenvalue weighted by molar-refractivity contribution is 6.01. The Morgan fingerprint density at radius 3 is 2.48 bits per heavy atom. The number of H-pyrrole nitrogens is 1. The first-order chi connectivity index (χ1) is 14.0. The van der Waals surface area contributed by atoms with Crippen LogP contribution in [0.25, 0.3) is 11.0 Å². The molecule has 3 N–H and O–H groups in total. The average molecular weight is 394 g/mol. The zero-order chi connectivity index (χ0) is 20.8. The van der Waals surface area contributed by atoms with Crippen molar-refractivity contribution in [2.45, 2.75) is 33.2 Å². The number of amides is 2. The predicted octanol–water partition coefficient (Wildman–Crippen LogP) is 3.74. The van der Waals surface area contributed by atoms with E-state index in [0.717, 1.165) is 17.5 Å². The topological polar surface area (TPSA) is 96.1 Å². The molecule has 0 bridgehead atoms. The number of ether oxygens (including phenoxy) is 1. The molecule has 0 radical (unpaired) electrons. The van der Waals surface area contributed by atoms with E-state index in [0.29, 0.717) is 23.9 Å². The van der Waals surface area contributed by atoms with E-state index < -0.39 is 6.04 Å². The van der Waals surface area contributed by atoms with Gasteiger partial charge in [0.25, 0.3) is 5.91 Å². The van der Waals surface area contributed by atoms with Crippen LogP contribution < -0.4 is 15.4 Å². The lowest BCUT2D eigenvalue weighted by Gasteiger charge is -2.23. The number of aromatic amines is 1. The molecule has 0 spiro atoms. The monoisotopic (exact) mass is 394 g/mol. The summed E-state index contributed by atoms with van der Waals surface area (Å²) in [6.07, 6.45) is 0.738. The van der Waals surface area contributed by atoms with Crippen LogP contribution in [-0.2, 0) is 4.79 Å². The van der Waals surface area contributed by atoms with Crippen molar-refractivity contribution < 1.29 is 14.3 Å². The van der Waals surface area contributed by atoms with Crippen LogP contribution in [0.1, 0.15) is 37.6 Å². The van der Waals surface area contributed by atoms with Crippen molar-refractivity contribution in [1.29, 1.82) is 0 Å². The highest BCUT2D eigenvalue weighted by atomic mass is 16.5. The van der Waals surface area contributed by atoms with Crippen molar-refractivity contribution in [2.24, 2.45) is 5.92 Å². The van der Waals surface area contributed by atoms with E-state index in [1.54, 1.807) is 24.3 Å². The third-order valence-corrected chi connectivity index (χ3v) is 4.84. The molecule has 1 aromatic heterocycles. The molecule has 2 atom stereocenters. The number of imidazole rings is 1. The summed E-state index contributed by atoms with van der Waals surface area (Å²) in [5, 5.41) is 5.64. The number of nitrogens with one attached hydrogen (secondary N) is 3. The van der Waals surface area contributed by atoms with Crippen molar-refractivity contribution in [2.75, 3.05) is 11.9 Å². The largest absolute Gasteiger partial charge is 0.494 e. The number of nitrogens with zero attached hydrogens (tertiary/aromatic N) is 1. The van der Waals surface area contributed by atoms with Gasteiger partial charge in [0.2, 0.25) is 11.9 Å². The molecule has 2 amide bonds. The van der Waals surface area contributed by atoms with Crippen LogP contribution in [0.15, 0.2) is 48.5 Å². The van der Waals surface area contributed by atoms with Gasteiger partial charge in [-0.25, -0.2) is 4.98 Å². The van der Waals surface area contributed by atoms with Crippen molar-refractivity contribution in [1.82, 2.24) is 15.3 Å². The minimum Gasteiger partial charge on any atom is -0.494 e. The standard InChI is InChI=1S/C22H26N4O3/c1-4-14(3)19(25-20(27)15-10-12-16(13-11-15)29-5-2)21(28)26-22-23-17-8-6-7-9-18(17)24-22/h6-14,19H,4-5H2,1-3H3,(H,25,27)(H2,23,24,26,28)/t14-,19+/m0/s1. The summed E-state index contributed by atoms with van der Waals surface area (Å²) in [5.74, 6) is 0.395. The Hall–Kier alpha value is -3.35. The normalized spacial score (nSPS) is 12.9. The first-order valence-corrected chi connectivity index (χ1v) is 9.81. The van der Waals surface area contributed by atoms with Crippen molar-refractivity contribution >= 4 is 28.8 Å². The quantitative estimate of drug-likeness (QED) is 0.542.